The predicted octanol–water partition coefficient (Wildman–Crippen LogP) is 1.47. The Kier molecular flexibility index (Phi) is 3.06. The van der Waals surface area contributed by atoms with Gasteiger partial charge in [-0.2, -0.15) is 5.10 Å². The molecule has 0 saturated carbocycles. The molecule has 1 aromatic heterocycles. The monoisotopic (exact) mass is 183 g/mol. The fourth-order valence-electron chi connectivity index (χ4n) is 1.68. The molecule has 1 heterocycles. The first-order valence-corrected chi connectivity index (χ1v) is 4.51. The number of nitrogens with two attached hydrogens (primary N) is 1. The van der Waals surface area contributed by atoms with Gasteiger partial charge in [0.25, 0.3) is 0 Å². The fraction of sp³-hybridized carbons (Fsp3) is 0.667. The number of aromatic nitrogens is 2. The summed E-state index contributed by atoms with van der Waals surface area (Å²) in [6.45, 7) is 8.89. The molecule has 0 fully saturated rings. The number of rotatable bonds is 3. The quantitative estimate of drug-likeness (QED) is 0.722. The Labute approximate surface area is 78.6 Å². The zero-order chi connectivity index (χ0) is 10.0. The summed E-state index contributed by atoms with van der Waals surface area (Å²) in [5, 5.41) is 4.38. The van der Waals surface area contributed by atoms with Crippen LogP contribution in [-0.2, 0) is 11.4 Å². The maximum atomic E-state index is 5.16. The molecule has 0 aliphatic heterocycles. The van der Waals surface area contributed by atoms with Crippen LogP contribution in [0.1, 0.15) is 36.9 Å². The van der Waals surface area contributed by atoms with Crippen molar-refractivity contribution in [2.75, 3.05) is 0 Å². The molecule has 1 aromatic rings. The predicted molar refractivity (Wildman–Crippen MR) is 51.1 cm³/mol. The number of aryl methyl sites for hydroxylation is 2. The largest absolute Gasteiger partial charge is 0.297 e. The number of hydrogen-bond donors (Lipinski definition) is 1. The van der Waals surface area contributed by atoms with Crippen LogP contribution in [0.3, 0.4) is 0 Å². The average Bonchev–Trinajstić information content (AvgIpc) is 2.40. The highest BCUT2D eigenvalue weighted by Gasteiger charge is 2.16. The van der Waals surface area contributed by atoms with Crippen molar-refractivity contribution >= 4 is 0 Å². The number of hydrogen-bond acceptors (Lipinski definition) is 3. The van der Waals surface area contributed by atoms with Crippen molar-refractivity contribution in [1.29, 1.82) is 0 Å². The van der Waals surface area contributed by atoms with E-state index in [4.69, 9.17) is 10.7 Å². The molecule has 1 rings (SSSR count). The van der Waals surface area contributed by atoms with Crippen LogP contribution in [0.25, 0.3) is 0 Å². The molecule has 0 aromatic carbocycles. The smallest absolute Gasteiger partial charge is 0.104 e. The van der Waals surface area contributed by atoms with Crippen LogP contribution in [-0.4, -0.2) is 9.78 Å². The third-order valence-corrected chi connectivity index (χ3v) is 2.35. The Morgan fingerprint density at radius 1 is 1.54 bits per heavy atom. The van der Waals surface area contributed by atoms with Gasteiger partial charge in [0, 0.05) is 17.8 Å². The summed E-state index contributed by atoms with van der Waals surface area (Å²) >= 11 is 0. The summed E-state index contributed by atoms with van der Waals surface area (Å²) in [6.07, 6.45) is -0.0831. The highest BCUT2D eigenvalue weighted by Crippen LogP contribution is 2.22. The highest BCUT2D eigenvalue weighted by molar-refractivity contribution is 5.26. The van der Waals surface area contributed by atoms with Crippen LogP contribution in [0.15, 0.2) is 0 Å². The molecule has 1 atom stereocenters. The van der Waals surface area contributed by atoms with Gasteiger partial charge < -0.3 is 0 Å². The zero-order valence-corrected chi connectivity index (χ0v) is 8.66. The van der Waals surface area contributed by atoms with E-state index in [9.17, 15) is 0 Å². The maximum absolute atomic E-state index is 5.16. The first-order valence-electron chi connectivity index (χ1n) is 4.51. The van der Waals surface area contributed by atoms with Crippen molar-refractivity contribution in [2.24, 2.45) is 5.90 Å². The molecule has 0 amide bonds. The van der Waals surface area contributed by atoms with E-state index in [-0.39, 0.29) is 6.10 Å². The molecule has 0 bridgehead atoms. The van der Waals surface area contributed by atoms with Crippen LogP contribution in [0.5, 0.6) is 0 Å². The summed E-state index contributed by atoms with van der Waals surface area (Å²) in [7, 11) is 0. The van der Waals surface area contributed by atoms with Crippen LogP contribution < -0.4 is 5.90 Å². The van der Waals surface area contributed by atoms with E-state index in [1.165, 1.54) is 0 Å². The van der Waals surface area contributed by atoms with Crippen LogP contribution in [0.2, 0.25) is 0 Å². The van der Waals surface area contributed by atoms with Gasteiger partial charge in [-0.25, -0.2) is 5.90 Å². The van der Waals surface area contributed by atoms with Gasteiger partial charge in [-0.1, -0.05) is 0 Å². The first-order chi connectivity index (χ1) is 6.11. The Balaban J connectivity index is 3.12. The van der Waals surface area contributed by atoms with E-state index in [1.807, 2.05) is 25.5 Å². The van der Waals surface area contributed by atoms with E-state index in [2.05, 4.69) is 12.0 Å². The van der Waals surface area contributed by atoms with E-state index in [0.717, 1.165) is 23.5 Å². The lowest BCUT2D eigenvalue weighted by molar-refractivity contribution is 0.0655. The lowest BCUT2D eigenvalue weighted by Crippen LogP contribution is -2.07. The normalized spacial score (nSPS) is 13.3. The second-order valence-electron chi connectivity index (χ2n) is 3.18. The molecular formula is C9H17N3O. The highest BCUT2D eigenvalue weighted by atomic mass is 16.6. The van der Waals surface area contributed by atoms with Crippen LogP contribution >= 0.6 is 0 Å². The van der Waals surface area contributed by atoms with Gasteiger partial charge in [-0.3, -0.25) is 9.52 Å². The molecule has 4 nitrogen and oxygen atoms in total. The lowest BCUT2D eigenvalue weighted by Gasteiger charge is -2.09. The molecule has 4 heteroatoms. The van der Waals surface area contributed by atoms with Gasteiger partial charge >= 0.3 is 0 Å². The van der Waals surface area contributed by atoms with Gasteiger partial charge in [-0.05, 0) is 27.7 Å². The van der Waals surface area contributed by atoms with Crippen molar-refractivity contribution < 1.29 is 4.84 Å². The topological polar surface area (TPSA) is 53.1 Å². The first kappa shape index (κ1) is 10.2. The third-order valence-electron chi connectivity index (χ3n) is 2.35. The van der Waals surface area contributed by atoms with Crippen LogP contribution in [0.4, 0.5) is 0 Å². The second kappa shape index (κ2) is 3.89. The molecular weight excluding hydrogens is 166 g/mol. The van der Waals surface area contributed by atoms with Crippen molar-refractivity contribution in [1.82, 2.24) is 9.78 Å². The lowest BCUT2D eigenvalue weighted by atomic mass is 10.1. The standard InChI is InChI=1S/C9H17N3O/c1-5-12-7(3)9(6(2)11-12)8(4)13-10/h8H,5,10H2,1-4H3. The second-order valence-corrected chi connectivity index (χ2v) is 3.18. The minimum absolute atomic E-state index is 0.0831. The summed E-state index contributed by atoms with van der Waals surface area (Å²) < 4.78 is 1.96. The zero-order valence-electron chi connectivity index (χ0n) is 8.66. The van der Waals surface area contributed by atoms with Gasteiger partial charge in [-0.15, -0.1) is 0 Å². The molecule has 0 radical (unpaired) electrons. The summed E-state index contributed by atoms with van der Waals surface area (Å²) in [6, 6.07) is 0. The maximum Gasteiger partial charge on any atom is 0.104 e. The average molecular weight is 183 g/mol. The Morgan fingerprint density at radius 3 is 2.54 bits per heavy atom. The Morgan fingerprint density at radius 2 is 2.15 bits per heavy atom. The van der Waals surface area contributed by atoms with E-state index in [0.29, 0.717) is 0 Å². The SMILES string of the molecule is CCn1nc(C)c(C(C)ON)c1C. The summed E-state index contributed by atoms with van der Waals surface area (Å²) in [5.41, 5.74) is 3.24. The molecule has 2 N–H and O–H groups in total. The summed E-state index contributed by atoms with van der Waals surface area (Å²) in [4.78, 5) is 4.80. The van der Waals surface area contributed by atoms with E-state index in [1.54, 1.807) is 0 Å². The molecule has 13 heavy (non-hydrogen) atoms. The van der Waals surface area contributed by atoms with Crippen molar-refractivity contribution in [3.63, 3.8) is 0 Å². The Hall–Kier alpha value is -0.870. The minimum atomic E-state index is -0.0831. The van der Waals surface area contributed by atoms with Gasteiger partial charge in [0.1, 0.15) is 6.10 Å². The minimum Gasteiger partial charge on any atom is -0.297 e. The molecule has 0 aliphatic carbocycles. The molecule has 0 spiro atoms. The van der Waals surface area contributed by atoms with Gasteiger partial charge in [0.2, 0.25) is 0 Å². The van der Waals surface area contributed by atoms with Crippen molar-refractivity contribution in [3.8, 4) is 0 Å². The van der Waals surface area contributed by atoms with Gasteiger partial charge in [0.05, 0.1) is 5.69 Å². The van der Waals surface area contributed by atoms with Crippen molar-refractivity contribution in [2.45, 2.75) is 40.3 Å². The van der Waals surface area contributed by atoms with E-state index >= 15 is 0 Å². The fourth-order valence-corrected chi connectivity index (χ4v) is 1.68. The molecule has 74 valence electrons. The van der Waals surface area contributed by atoms with Crippen LogP contribution in [0, 0.1) is 13.8 Å². The summed E-state index contributed by atoms with van der Waals surface area (Å²) in [5.74, 6) is 5.16. The van der Waals surface area contributed by atoms with E-state index < -0.39 is 0 Å². The molecule has 1 unspecified atom stereocenters. The molecule has 0 aliphatic rings. The Bertz CT molecular complexity index is 293. The molecule has 0 saturated heterocycles. The van der Waals surface area contributed by atoms with Gasteiger partial charge in [0.15, 0.2) is 0 Å². The third kappa shape index (κ3) is 1.73. The van der Waals surface area contributed by atoms with Crippen molar-refractivity contribution in [3.05, 3.63) is 17.0 Å². The number of nitrogens with zero attached hydrogens (tertiary/aromatic N) is 2.